The van der Waals surface area contributed by atoms with Crippen molar-refractivity contribution < 1.29 is 4.79 Å². The maximum Gasteiger partial charge on any atom is 0.255 e. The average Bonchev–Trinajstić information content (AvgIpc) is 2.99. The van der Waals surface area contributed by atoms with Crippen molar-refractivity contribution in [2.45, 2.75) is 45.4 Å². The largest absolute Gasteiger partial charge is 0.331 e. The minimum Gasteiger partial charge on any atom is -0.331 e. The molecule has 2 aliphatic rings. The maximum absolute atomic E-state index is 12.9. The smallest absolute Gasteiger partial charge is 0.255 e. The summed E-state index contributed by atoms with van der Waals surface area (Å²) in [6.45, 7) is 6.40. The summed E-state index contributed by atoms with van der Waals surface area (Å²) in [6, 6.07) is 15.1. The molecule has 26 heavy (non-hydrogen) atoms. The van der Waals surface area contributed by atoms with Gasteiger partial charge >= 0.3 is 0 Å². The summed E-state index contributed by atoms with van der Waals surface area (Å²) in [5.74, 6) is 0.179. The topological polar surface area (TPSA) is 49.6 Å². The van der Waals surface area contributed by atoms with Crippen LogP contribution in [0.2, 0.25) is 0 Å². The summed E-state index contributed by atoms with van der Waals surface area (Å²) in [6.07, 6.45) is 2.09. The Labute approximate surface area is 155 Å². The van der Waals surface area contributed by atoms with Crippen LogP contribution >= 0.6 is 0 Å². The zero-order chi connectivity index (χ0) is 18.1. The van der Waals surface area contributed by atoms with Crippen molar-refractivity contribution in [2.24, 2.45) is 5.73 Å². The van der Waals surface area contributed by atoms with E-state index in [1.807, 2.05) is 12.1 Å². The van der Waals surface area contributed by atoms with Gasteiger partial charge in [0.2, 0.25) is 0 Å². The Balaban J connectivity index is 1.39. The molecule has 4 nitrogen and oxygen atoms in total. The summed E-state index contributed by atoms with van der Waals surface area (Å²) in [4.78, 5) is 17.5. The zero-order valence-electron chi connectivity index (χ0n) is 15.4. The lowest BCUT2D eigenvalue weighted by Gasteiger charge is -2.36. The van der Waals surface area contributed by atoms with E-state index in [-0.39, 0.29) is 5.91 Å². The molecule has 0 bridgehead atoms. The van der Waals surface area contributed by atoms with E-state index in [1.54, 1.807) is 0 Å². The quantitative estimate of drug-likeness (QED) is 0.923. The van der Waals surface area contributed by atoms with Crippen LogP contribution in [0.25, 0.3) is 0 Å². The molecule has 2 aromatic carbocycles. The number of likely N-dealkylation sites (tertiary alicyclic amines) is 1. The number of carbonyl (C=O) groups is 1. The number of nitrogens with two attached hydrogens (primary N) is 1. The van der Waals surface area contributed by atoms with E-state index in [4.69, 9.17) is 5.73 Å². The predicted octanol–water partition coefficient (Wildman–Crippen LogP) is 3.07. The number of piperidine rings is 1. The average molecular weight is 349 g/mol. The van der Waals surface area contributed by atoms with Gasteiger partial charge in [-0.15, -0.1) is 0 Å². The SMILES string of the molecule is Cc1cccc(CN2CCC(N3Cc4cccc(CN)c4C3=O)CC2)c1. The second-order valence-electron chi connectivity index (χ2n) is 7.58. The molecule has 0 aromatic heterocycles. The number of benzene rings is 2. The zero-order valence-corrected chi connectivity index (χ0v) is 15.4. The Hall–Kier alpha value is -2.17. The molecule has 1 saturated heterocycles. The highest BCUT2D eigenvalue weighted by Gasteiger charge is 2.35. The molecule has 2 N–H and O–H groups in total. The van der Waals surface area contributed by atoms with Gasteiger partial charge < -0.3 is 10.6 Å². The first-order valence-electron chi connectivity index (χ1n) is 9.55. The number of carbonyl (C=O) groups excluding carboxylic acids is 1. The van der Waals surface area contributed by atoms with E-state index in [0.717, 1.165) is 55.7 Å². The van der Waals surface area contributed by atoms with E-state index in [9.17, 15) is 4.79 Å². The lowest BCUT2D eigenvalue weighted by molar-refractivity contribution is 0.0589. The summed E-state index contributed by atoms with van der Waals surface area (Å²) in [5.41, 5.74) is 11.5. The van der Waals surface area contributed by atoms with Gasteiger partial charge in [-0.25, -0.2) is 0 Å². The van der Waals surface area contributed by atoms with Gasteiger partial charge in [-0.3, -0.25) is 9.69 Å². The molecule has 2 aromatic rings. The minimum absolute atomic E-state index is 0.179. The third-order valence-electron chi connectivity index (χ3n) is 5.76. The third-order valence-corrected chi connectivity index (χ3v) is 5.76. The highest BCUT2D eigenvalue weighted by Crippen LogP contribution is 2.30. The van der Waals surface area contributed by atoms with Crippen molar-refractivity contribution in [1.82, 2.24) is 9.80 Å². The van der Waals surface area contributed by atoms with Crippen molar-refractivity contribution in [3.05, 3.63) is 70.3 Å². The summed E-state index contributed by atoms with van der Waals surface area (Å²) < 4.78 is 0. The van der Waals surface area contributed by atoms with Crippen molar-refractivity contribution in [3.63, 3.8) is 0 Å². The Morgan fingerprint density at radius 2 is 1.88 bits per heavy atom. The minimum atomic E-state index is 0.179. The fourth-order valence-corrected chi connectivity index (χ4v) is 4.38. The molecule has 0 spiro atoms. The van der Waals surface area contributed by atoms with Gasteiger partial charge in [-0.2, -0.15) is 0 Å². The molecule has 4 rings (SSSR count). The first-order valence-corrected chi connectivity index (χ1v) is 9.55. The fraction of sp³-hybridized carbons (Fsp3) is 0.409. The van der Waals surface area contributed by atoms with Crippen LogP contribution in [0.5, 0.6) is 0 Å². The number of aryl methyl sites for hydroxylation is 1. The standard InChI is InChI=1S/C22H27N3O/c1-16-4-2-5-17(12-16)14-24-10-8-20(9-11-24)25-15-19-7-3-6-18(13-23)21(19)22(25)26/h2-7,12,20H,8-11,13-15,23H2,1H3. The Morgan fingerprint density at radius 1 is 1.12 bits per heavy atom. The molecular formula is C22H27N3O. The number of nitrogens with zero attached hydrogens (tertiary/aromatic N) is 2. The monoisotopic (exact) mass is 349 g/mol. The van der Waals surface area contributed by atoms with E-state index in [2.05, 4.69) is 47.1 Å². The van der Waals surface area contributed by atoms with Gasteiger partial charge in [0.1, 0.15) is 0 Å². The van der Waals surface area contributed by atoms with Gasteiger partial charge in [0.05, 0.1) is 0 Å². The molecule has 4 heteroatoms. The lowest BCUT2D eigenvalue weighted by Crippen LogP contribution is -2.44. The number of amides is 1. The van der Waals surface area contributed by atoms with Crippen molar-refractivity contribution in [1.29, 1.82) is 0 Å². The van der Waals surface area contributed by atoms with E-state index >= 15 is 0 Å². The maximum atomic E-state index is 12.9. The van der Waals surface area contributed by atoms with Crippen LogP contribution in [-0.4, -0.2) is 34.8 Å². The first-order chi connectivity index (χ1) is 12.7. The highest BCUT2D eigenvalue weighted by atomic mass is 16.2. The first kappa shape index (κ1) is 17.3. The van der Waals surface area contributed by atoms with Crippen LogP contribution in [-0.2, 0) is 19.6 Å². The molecule has 2 heterocycles. The molecule has 0 aliphatic carbocycles. The van der Waals surface area contributed by atoms with Crippen molar-refractivity contribution in [3.8, 4) is 0 Å². The van der Waals surface area contributed by atoms with Gasteiger partial charge in [-0.05, 0) is 36.5 Å². The molecule has 2 aliphatic heterocycles. The number of rotatable bonds is 4. The van der Waals surface area contributed by atoms with Crippen LogP contribution in [0, 0.1) is 6.92 Å². The van der Waals surface area contributed by atoms with E-state index in [1.165, 1.54) is 11.1 Å². The van der Waals surface area contributed by atoms with Gasteiger partial charge in [-0.1, -0.05) is 48.0 Å². The third kappa shape index (κ3) is 3.27. The summed E-state index contributed by atoms with van der Waals surface area (Å²) >= 11 is 0. The molecule has 0 unspecified atom stereocenters. The molecule has 0 radical (unpaired) electrons. The van der Waals surface area contributed by atoms with Crippen LogP contribution in [0.4, 0.5) is 0 Å². The highest BCUT2D eigenvalue weighted by molar-refractivity contribution is 6.00. The molecule has 136 valence electrons. The molecule has 0 saturated carbocycles. The van der Waals surface area contributed by atoms with Gasteiger partial charge in [0.25, 0.3) is 5.91 Å². The molecule has 1 fully saturated rings. The molecule has 1 amide bonds. The predicted molar refractivity (Wildman–Crippen MR) is 104 cm³/mol. The summed E-state index contributed by atoms with van der Waals surface area (Å²) in [7, 11) is 0. The second-order valence-corrected chi connectivity index (χ2v) is 7.58. The lowest BCUT2D eigenvalue weighted by atomic mass is 10.0. The van der Waals surface area contributed by atoms with E-state index in [0.29, 0.717) is 12.6 Å². The molecular weight excluding hydrogens is 322 g/mol. The summed E-state index contributed by atoms with van der Waals surface area (Å²) in [5, 5.41) is 0. The van der Waals surface area contributed by atoms with Crippen molar-refractivity contribution >= 4 is 5.91 Å². The van der Waals surface area contributed by atoms with Crippen LogP contribution < -0.4 is 5.73 Å². The second kappa shape index (κ2) is 7.22. The van der Waals surface area contributed by atoms with Crippen LogP contribution in [0.3, 0.4) is 0 Å². The fourth-order valence-electron chi connectivity index (χ4n) is 4.38. The Kier molecular flexibility index (Phi) is 4.79. The van der Waals surface area contributed by atoms with Crippen LogP contribution in [0.15, 0.2) is 42.5 Å². The number of fused-ring (bicyclic) bond motifs is 1. The molecule has 0 atom stereocenters. The normalized spacial score (nSPS) is 18.4. The number of hydrogen-bond donors (Lipinski definition) is 1. The van der Waals surface area contributed by atoms with E-state index < -0.39 is 0 Å². The van der Waals surface area contributed by atoms with Gasteiger partial charge in [0.15, 0.2) is 0 Å². The Bertz CT molecular complexity index is 809. The van der Waals surface area contributed by atoms with Crippen molar-refractivity contribution in [2.75, 3.05) is 13.1 Å². The Morgan fingerprint density at radius 3 is 2.62 bits per heavy atom. The number of hydrogen-bond acceptors (Lipinski definition) is 3. The van der Waals surface area contributed by atoms with Gasteiger partial charge in [0, 0.05) is 44.3 Å². The van der Waals surface area contributed by atoms with Crippen LogP contribution in [0.1, 0.15) is 45.5 Å².